The molecule has 0 atom stereocenters. The summed E-state index contributed by atoms with van der Waals surface area (Å²) >= 11 is 3.42. The van der Waals surface area contributed by atoms with Gasteiger partial charge in [0.1, 0.15) is 11.5 Å². The second kappa shape index (κ2) is 8.09. The number of hydrogen-bond donors (Lipinski definition) is 2. The summed E-state index contributed by atoms with van der Waals surface area (Å²) in [4.78, 5) is 12.6. The molecule has 0 bridgehead atoms. The highest BCUT2D eigenvalue weighted by atomic mass is 79.9. The third-order valence-electron chi connectivity index (χ3n) is 3.86. The molecule has 0 aliphatic heterocycles. The molecular formula is C18H18BrN5O3. The Kier molecular flexibility index (Phi) is 5.60. The van der Waals surface area contributed by atoms with Gasteiger partial charge >= 0.3 is 0 Å². The monoisotopic (exact) mass is 431 g/mol. The Morgan fingerprint density at radius 1 is 1.22 bits per heavy atom. The molecule has 2 aromatic carbocycles. The molecule has 0 radical (unpaired) electrons. The number of carbonyl (C=O) groups is 1. The third kappa shape index (κ3) is 4.20. The van der Waals surface area contributed by atoms with Crippen molar-refractivity contribution >= 4 is 33.3 Å². The Morgan fingerprint density at radius 2 is 2.04 bits per heavy atom. The van der Waals surface area contributed by atoms with E-state index in [9.17, 15) is 4.79 Å². The van der Waals surface area contributed by atoms with E-state index in [-0.39, 0.29) is 11.5 Å². The van der Waals surface area contributed by atoms with Gasteiger partial charge in [0.2, 0.25) is 0 Å². The number of hydrogen-bond acceptors (Lipinski definition) is 6. The van der Waals surface area contributed by atoms with E-state index >= 15 is 0 Å². The number of methoxy groups -OCH3 is 2. The molecule has 1 heterocycles. The number of nitrogen functional groups attached to an aromatic ring is 1. The van der Waals surface area contributed by atoms with Crippen LogP contribution in [-0.4, -0.2) is 35.1 Å². The number of carbonyl (C=O) groups excluding carboxylic acids is 1. The fourth-order valence-electron chi connectivity index (χ4n) is 2.50. The Hall–Kier alpha value is -3.07. The van der Waals surface area contributed by atoms with E-state index in [2.05, 4.69) is 31.6 Å². The zero-order valence-electron chi connectivity index (χ0n) is 14.8. The van der Waals surface area contributed by atoms with Gasteiger partial charge in [-0.1, -0.05) is 33.3 Å². The van der Waals surface area contributed by atoms with Crippen LogP contribution in [0.1, 0.15) is 16.1 Å². The fourth-order valence-corrected chi connectivity index (χ4v) is 2.95. The minimum absolute atomic E-state index is 0.0369. The standard InChI is InChI=1S/C18H18BrN5O3/c1-26-13-6-7-15(27-2)14(9-13)21-18(25)16-17(20)24(23-22-16)10-11-4-3-5-12(19)8-11/h3-9H,10,20H2,1-2H3,(H,21,25). The van der Waals surface area contributed by atoms with E-state index in [1.165, 1.54) is 11.8 Å². The normalized spacial score (nSPS) is 10.5. The second-order valence-corrected chi connectivity index (χ2v) is 6.55. The smallest absolute Gasteiger partial charge is 0.280 e. The number of rotatable bonds is 6. The van der Waals surface area contributed by atoms with Gasteiger partial charge in [-0.25, -0.2) is 4.68 Å². The van der Waals surface area contributed by atoms with E-state index < -0.39 is 5.91 Å². The van der Waals surface area contributed by atoms with Gasteiger partial charge in [-0.3, -0.25) is 4.79 Å². The van der Waals surface area contributed by atoms with Gasteiger partial charge < -0.3 is 20.5 Å². The highest BCUT2D eigenvalue weighted by Crippen LogP contribution is 2.29. The van der Waals surface area contributed by atoms with Crippen molar-refractivity contribution in [2.75, 3.05) is 25.3 Å². The molecule has 0 fully saturated rings. The molecule has 0 aliphatic carbocycles. The van der Waals surface area contributed by atoms with Crippen LogP contribution in [0.3, 0.4) is 0 Å². The van der Waals surface area contributed by atoms with Crippen molar-refractivity contribution in [3.63, 3.8) is 0 Å². The predicted octanol–water partition coefficient (Wildman–Crippen LogP) is 2.94. The van der Waals surface area contributed by atoms with Crippen molar-refractivity contribution in [2.24, 2.45) is 0 Å². The predicted molar refractivity (Wildman–Crippen MR) is 105 cm³/mol. The van der Waals surface area contributed by atoms with Crippen molar-refractivity contribution in [3.05, 3.63) is 58.2 Å². The van der Waals surface area contributed by atoms with Gasteiger partial charge in [0.25, 0.3) is 5.91 Å². The molecule has 1 amide bonds. The Morgan fingerprint density at radius 3 is 2.74 bits per heavy atom. The van der Waals surface area contributed by atoms with Crippen LogP contribution >= 0.6 is 15.9 Å². The Labute approximate surface area is 164 Å². The number of halogens is 1. The summed E-state index contributed by atoms with van der Waals surface area (Å²) in [5, 5.41) is 10.6. The molecule has 3 N–H and O–H groups in total. The molecule has 27 heavy (non-hydrogen) atoms. The van der Waals surface area contributed by atoms with E-state index in [1.54, 1.807) is 25.3 Å². The van der Waals surface area contributed by atoms with Crippen molar-refractivity contribution in [1.29, 1.82) is 0 Å². The fraction of sp³-hybridized carbons (Fsp3) is 0.167. The van der Waals surface area contributed by atoms with Gasteiger partial charge in [-0.15, -0.1) is 5.10 Å². The van der Waals surface area contributed by atoms with E-state index in [0.29, 0.717) is 23.7 Å². The zero-order valence-corrected chi connectivity index (χ0v) is 16.4. The number of aromatic nitrogens is 3. The lowest BCUT2D eigenvalue weighted by molar-refractivity contribution is 0.102. The van der Waals surface area contributed by atoms with Crippen LogP contribution in [0.4, 0.5) is 11.5 Å². The topological polar surface area (TPSA) is 104 Å². The largest absolute Gasteiger partial charge is 0.497 e. The third-order valence-corrected chi connectivity index (χ3v) is 4.36. The lowest BCUT2D eigenvalue weighted by Crippen LogP contribution is -2.16. The maximum Gasteiger partial charge on any atom is 0.280 e. The summed E-state index contributed by atoms with van der Waals surface area (Å²) in [5.74, 6) is 0.760. The quantitative estimate of drug-likeness (QED) is 0.621. The average molecular weight is 432 g/mol. The van der Waals surface area contributed by atoms with Crippen LogP contribution in [0.25, 0.3) is 0 Å². The van der Waals surface area contributed by atoms with Crippen LogP contribution in [0.5, 0.6) is 11.5 Å². The molecule has 0 unspecified atom stereocenters. The van der Waals surface area contributed by atoms with Crippen molar-refractivity contribution < 1.29 is 14.3 Å². The van der Waals surface area contributed by atoms with E-state index in [0.717, 1.165) is 10.0 Å². The maximum atomic E-state index is 12.6. The summed E-state index contributed by atoms with van der Waals surface area (Å²) in [6.45, 7) is 0.397. The molecule has 0 spiro atoms. The average Bonchev–Trinajstić information content (AvgIpc) is 3.02. The molecule has 0 aliphatic rings. The van der Waals surface area contributed by atoms with Crippen molar-refractivity contribution in [3.8, 4) is 11.5 Å². The lowest BCUT2D eigenvalue weighted by atomic mass is 10.2. The number of anilines is 2. The zero-order chi connectivity index (χ0) is 19.4. The number of nitrogens with one attached hydrogen (secondary N) is 1. The first-order valence-corrected chi connectivity index (χ1v) is 8.78. The van der Waals surface area contributed by atoms with E-state index in [4.69, 9.17) is 15.2 Å². The van der Waals surface area contributed by atoms with Gasteiger partial charge in [-0.05, 0) is 29.8 Å². The van der Waals surface area contributed by atoms with Crippen LogP contribution in [0.2, 0.25) is 0 Å². The van der Waals surface area contributed by atoms with Crippen molar-refractivity contribution in [2.45, 2.75) is 6.54 Å². The van der Waals surface area contributed by atoms with Gasteiger partial charge in [-0.2, -0.15) is 0 Å². The van der Waals surface area contributed by atoms with Gasteiger partial charge in [0.05, 0.1) is 26.5 Å². The minimum atomic E-state index is -0.487. The first-order chi connectivity index (χ1) is 13.0. The molecule has 0 saturated carbocycles. The highest BCUT2D eigenvalue weighted by Gasteiger charge is 2.19. The van der Waals surface area contributed by atoms with Crippen LogP contribution in [0, 0.1) is 0 Å². The van der Waals surface area contributed by atoms with Crippen LogP contribution in [-0.2, 0) is 6.54 Å². The number of nitrogens with two attached hydrogens (primary N) is 1. The molecule has 140 valence electrons. The van der Waals surface area contributed by atoms with Crippen LogP contribution < -0.4 is 20.5 Å². The first kappa shape index (κ1) is 18.7. The number of amides is 1. The molecule has 9 heteroatoms. The molecule has 8 nitrogen and oxygen atoms in total. The summed E-state index contributed by atoms with van der Waals surface area (Å²) in [5.41, 5.74) is 7.54. The highest BCUT2D eigenvalue weighted by molar-refractivity contribution is 9.10. The summed E-state index contributed by atoms with van der Waals surface area (Å²) in [7, 11) is 3.05. The Balaban J connectivity index is 1.81. The van der Waals surface area contributed by atoms with Gasteiger partial charge in [0.15, 0.2) is 11.5 Å². The Bertz CT molecular complexity index is 973. The molecule has 1 aromatic heterocycles. The van der Waals surface area contributed by atoms with E-state index in [1.807, 2.05) is 24.3 Å². The minimum Gasteiger partial charge on any atom is -0.497 e. The lowest BCUT2D eigenvalue weighted by Gasteiger charge is -2.11. The summed E-state index contributed by atoms with van der Waals surface area (Å²) in [6.07, 6.45) is 0. The van der Waals surface area contributed by atoms with Crippen LogP contribution in [0.15, 0.2) is 46.9 Å². The summed E-state index contributed by atoms with van der Waals surface area (Å²) < 4.78 is 12.9. The summed E-state index contributed by atoms with van der Waals surface area (Å²) in [6, 6.07) is 12.8. The first-order valence-electron chi connectivity index (χ1n) is 7.98. The molecule has 0 saturated heterocycles. The second-order valence-electron chi connectivity index (χ2n) is 5.63. The SMILES string of the molecule is COc1ccc(OC)c(NC(=O)c2nnn(Cc3cccc(Br)c3)c2N)c1. The maximum absolute atomic E-state index is 12.6. The van der Waals surface area contributed by atoms with Crippen molar-refractivity contribution in [1.82, 2.24) is 15.0 Å². The number of nitrogens with zero attached hydrogens (tertiary/aromatic N) is 3. The molecular weight excluding hydrogens is 414 g/mol. The number of ether oxygens (including phenoxy) is 2. The van der Waals surface area contributed by atoms with Gasteiger partial charge in [0, 0.05) is 10.5 Å². The number of benzene rings is 2. The molecule has 3 rings (SSSR count). The molecule has 3 aromatic rings.